The van der Waals surface area contributed by atoms with E-state index in [0.717, 1.165) is 18.7 Å². The summed E-state index contributed by atoms with van der Waals surface area (Å²) in [5.74, 6) is 0.0128. The van der Waals surface area contributed by atoms with Gasteiger partial charge in [-0.05, 0) is 25.2 Å². The van der Waals surface area contributed by atoms with Crippen molar-refractivity contribution in [2.75, 3.05) is 0 Å². The Balaban J connectivity index is 1.60. The number of fused-ring (bicyclic) bond motifs is 1. The molecule has 1 aromatic heterocycles. The zero-order valence-electron chi connectivity index (χ0n) is 12.9. The number of aromatic nitrogens is 3. The molecule has 0 saturated heterocycles. The number of nitrogens with one attached hydrogen (secondary N) is 1. The molecule has 1 saturated carbocycles. The molecule has 128 valence electrons. The highest BCUT2D eigenvalue weighted by molar-refractivity contribution is 5.79. The van der Waals surface area contributed by atoms with Crippen LogP contribution >= 0.6 is 0 Å². The molecule has 5 nitrogen and oxygen atoms in total. The number of halogens is 3. The lowest BCUT2D eigenvalue weighted by Crippen LogP contribution is -2.47. The van der Waals surface area contributed by atoms with Crippen molar-refractivity contribution >= 4 is 5.91 Å². The van der Waals surface area contributed by atoms with Crippen LogP contribution in [0, 0.1) is 11.8 Å². The molecule has 1 amide bonds. The Hall–Kier alpha value is -1.60. The number of nitrogens with zero attached hydrogens (tertiary/aromatic N) is 3. The van der Waals surface area contributed by atoms with E-state index in [1.807, 2.05) is 4.57 Å². The molecule has 1 fully saturated rings. The van der Waals surface area contributed by atoms with E-state index in [1.54, 1.807) is 6.33 Å². The van der Waals surface area contributed by atoms with Crippen molar-refractivity contribution in [3.63, 3.8) is 0 Å². The van der Waals surface area contributed by atoms with E-state index in [2.05, 4.69) is 15.5 Å². The third-order valence-corrected chi connectivity index (χ3v) is 4.93. The largest absolute Gasteiger partial charge is 0.389 e. The zero-order valence-corrected chi connectivity index (χ0v) is 12.9. The van der Waals surface area contributed by atoms with E-state index >= 15 is 0 Å². The maximum Gasteiger partial charge on any atom is 0.389 e. The van der Waals surface area contributed by atoms with Crippen LogP contribution in [0.1, 0.15) is 44.3 Å². The molecule has 1 aromatic rings. The van der Waals surface area contributed by atoms with Gasteiger partial charge in [-0.15, -0.1) is 10.2 Å². The molecule has 3 atom stereocenters. The van der Waals surface area contributed by atoms with Gasteiger partial charge in [-0.25, -0.2) is 0 Å². The van der Waals surface area contributed by atoms with Crippen molar-refractivity contribution in [3.05, 3.63) is 12.2 Å². The van der Waals surface area contributed by atoms with E-state index < -0.39 is 18.5 Å². The van der Waals surface area contributed by atoms with Gasteiger partial charge in [-0.3, -0.25) is 4.79 Å². The molecule has 1 N–H and O–H groups in total. The first kappa shape index (κ1) is 16.3. The third kappa shape index (κ3) is 4.03. The summed E-state index contributed by atoms with van der Waals surface area (Å²) in [7, 11) is 0. The van der Waals surface area contributed by atoms with Gasteiger partial charge in [0.05, 0.1) is 5.92 Å². The molecule has 0 radical (unpaired) electrons. The Morgan fingerprint density at radius 1 is 1.30 bits per heavy atom. The van der Waals surface area contributed by atoms with Crippen LogP contribution in [-0.2, 0) is 17.8 Å². The summed E-state index contributed by atoms with van der Waals surface area (Å²) in [5, 5.41) is 10.7. The van der Waals surface area contributed by atoms with Crippen molar-refractivity contribution in [1.29, 1.82) is 0 Å². The standard InChI is InChI=1S/C15H21F3N4O/c16-15(17,18)7-10-3-1-2-4-12(10)20-14(23)11-5-6-13-21-19-9-22(13)8-11/h9-12H,1-8H2,(H,20,23)/t10-,11?,12-/m0/s1. The Bertz CT molecular complexity index is 557. The van der Waals surface area contributed by atoms with Gasteiger partial charge in [0, 0.05) is 25.4 Å². The summed E-state index contributed by atoms with van der Waals surface area (Å²) < 4.78 is 40.0. The molecule has 1 aliphatic heterocycles. The van der Waals surface area contributed by atoms with Crippen LogP contribution in [0.4, 0.5) is 13.2 Å². The third-order valence-electron chi connectivity index (χ3n) is 4.93. The zero-order chi connectivity index (χ0) is 16.4. The molecule has 0 aromatic carbocycles. The van der Waals surface area contributed by atoms with Gasteiger partial charge in [0.1, 0.15) is 12.2 Å². The fourth-order valence-corrected chi connectivity index (χ4v) is 3.71. The summed E-state index contributed by atoms with van der Waals surface area (Å²) in [5.41, 5.74) is 0. The number of carbonyl (C=O) groups is 1. The normalized spacial score (nSPS) is 28.2. The van der Waals surface area contributed by atoms with Crippen LogP contribution in [0.15, 0.2) is 6.33 Å². The molecule has 0 spiro atoms. The Morgan fingerprint density at radius 3 is 2.87 bits per heavy atom. The first-order valence-corrected chi connectivity index (χ1v) is 8.16. The lowest BCUT2D eigenvalue weighted by atomic mass is 9.82. The number of hydrogen-bond acceptors (Lipinski definition) is 3. The number of alkyl halides is 3. The molecule has 0 bridgehead atoms. The van der Waals surface area contributed by atoms with E-state index in [1.165, 1.54) is 0 Å². The minimum Gasteiger partial charge on any atom is -0.353 e. The average molecular weight is 330 g/mol. The summed E-state index contributed by atoms with van der Waals surface area (Å²) in [6, 6.07) is -0.361. The maximum atomic E-state index is 12.7. The Kier molecular flexibility index (Phi) is 4.59. The van der Waals surface area contributed by atoms with Gasteiger partial charge in [0.15, 0.2) is 0 Å². The molecule has 1 unspecified atom stereocenters. The van der Waals surface area contributed by atoms with Crippen molar-refractivity contribution in [2.45, 2.75) is 63.7 Å². The molecule has 23 heavy (non-hydrogen) atoms. The SMILES string of the molecule is O=C(N[C@H]1CCCC[C@H]1CC(F)(F)F)C1CCc2nncn2C1. The van der Waals surface area contributed by atoms with E-state index in [0.29, 0.717) is 32.2 Å². The Labute approximate surface area is 132 Å². The quantitative estimate of drug-likeness (QED) is 0.926. The molecule has 8 heteroatoms. The highest BCUT2D eigenvalue weighted by atomic mass is 19.4. The lowest BCUT2D eigenvalue weighted by Gasteiger charge is -2.34. The number of aryl methyl sites for hydroxylation is 1. The van der Waals surface area contributed by atoms with E-state index in [-0.39, 0.29) is 17.9 Å². The van der Waals surface area contributed by atoms with Gasteiger partial charge < -0.3 is 9.88 Å². The molecule has 2 aliphatic rings. The minimum absolute atomic E-state index is 0.136. The van der Waals surface area contributed by atoms with Crippen molar-refractivity contribution in [3.8, 4) is 0 Å². The molecule has 2 heterocycles. The van der Waals surface area contributed by atoms with Crippen LogP contribution in [0.2, 0.25) is 0 Å². The van der Waals surface area contributed by atoms with Gasteiger partial charge in [0.2, 0.25) is 5.91 Å². The maximum absolute atomic E-state index is 12.7. The monoisotopic (exact) mass is 330 g/mol. The fraction of sp³-hybridized carbons (Fsp3) is 0.800. The second-order valence-electron chi connectivity index (χ2n) is 6.61. The Morgan fingerprint density at radius 2 is 2.09 bits per heavy atom. The predicted octanol–water partition coefficient (Wildman–Crippen LogP) is 2.47. The topological polar surface area (TPSA) is 59.8 Å². The van der Waals surface area contributed by atoms with Crippen LogP contribution in [0.25, 0.3) is 0 Å². The summed E-state index contributed by atoms with van der Waals surface area (Å²) in [6.07, 6.45) is 0.811. The molecular weight excluding hydrogens is 309 g/mol. The first-order valence-electron chi connectivity index (χ1n) is 8.16. The second kappa shape index (κ2) is 6.49. The predicted molar refractivity (Wildman–Crippen MR) is 76.4 cm³/mol. The number of rotatable bonds is 3. The minimum atomic E-state index is -4.17. The van der Waals surface area contributed by atoms with Gasteiger partial charge in [-0.1, -0.05) is 12.8 Å². The molecule has 1 aliphatic carbocycles. The van der Waals surface area contributed by atoms with Crippen LogP contribution < -0.4 is 5.32 Å². The van der Waals surface area contributed by atoms with Crippen molar-refractivity contribution in [1.82, 2.24) is 20.1 Å². The number of hydrogen-bond donors (Lipinski definition) is 1. The smallest absolute Gasteiger partial charge is 0.353 e. The summed E-state index contributed by atoms with van der Waals surface area (Å²) in [4.78, 5) is 12.5. The molecular formula is C15H21F3N4O. The highest BCUT2D eigenvalue weighted by Gasteiger charge is 2.38. The highest BCUT2D eigenvalue weighted by Crippen LogP contribution is 2.34. The number of amides is 1. The van der Waals surface area contributed by atoms with Gasteiger partial charge >= 0.3 is 6.18 Å². The van der Waals surface area contributed by atoms with Gasteiger partial charge in [-0.2, -0.15) is 13.2 Å². The van der Waals surface area contributed by atoms with Crippen LogP contribution in [0.3, 0.4) is 0 Å². The van der Waals surface area contributed by atoms with Crippen molar-refractivity contribution < 1.29 is 18.0 Å². The first-order chi connectivity index (χ1) is 10.9. The van der Waals surface area contributed by atoms with Crippen LogP contribution in [-0.4, -0.2) is 32.9 Å². The number of carbonyl (C=O) groups excluding carboxylic acids is 1. The average Bonchev–Trinajstić information content (AvgIpc) is 2.95. The van der Waals surface area contributed by atoms with E-state index in [9.17, 15) is 18.0 Å². The van der Waals surface area contributed by atoms with E-state index in [4.69, 9.17) is 0 Å². The second-order valence-corrected chi connectivity index (χ2v) is 6.61. The molecule has 3 rings (SSSR count). The summed E-state index contributed by atoms with van der Waals surface area (Å²) >= 11 is 0. The van der Waals surface area contributed by atoms with Crippen molar-refractivity contribution in [2.24, 2.45) is 11.8 Å². The van der Waals surface area contributed by atoms with Crippen LogP contribution in [0.5, 0.6) is 0 Å². The fourth-order valence-electron chi connectivity index (χ4n) is 3.71. The summed E-state index contributed by atoms with van der Waals surface area (Å²) in [6.45, 7) is 0.505. The van der Waals surface area contributed by atoms with Gasteiger partial charge in [0.25, 0.3) is 0 Å². The lowest BCUT2D eigenvalue weighted by molar-refractivity contribution is -0.150.